The summed E-state index contributed by atoms with van der Waals surface area (Å²) >= 11 is 1.33. The number of hydrogen-bond acceptors (Lipinski definition) is 7. The van der Waals surface area contributed by atoms with E-state index in [0.29, 0.717) is 35.6 Å². The highest BCUT2D eigenvalue weighted by molar-refractivity contribution is 7.89. The number of rotatable bonds is 8. The predicted molar refractivity (Wildman–Crippen MR) is 141 cm³/mol. The Bertz CT molecular complexity index is 1220. The zero-order chi connectivity index (χ0) is 26.6. The van der Waals surface area contributed by atoms with Crippen LogP contribution in [0, 0.1) is 5.92 Å². The average molecular weight is 547 g/mol. The van der Waals surface area contributed by atoms with Crippen LogP contribution >= 0.6 is 11.3 Å². The summed E-state index contributed by atoms with van der Waals surface area (Å²) in [4.78, 5) is 43.5. The number of sulfonamides is 1. The van der Waals surface area contributed by atoms with Crippen molar-refractivity contribution in [1.82, 2.24) is 14.6 Å². The van der Waals surface area contributed by atoms with Gasteiger partial charge in [-0.1, -0.05) is 38.2 Å². The Hall–Kier alpha value is -2.63. The maximum Gasteiger partial charge on any atom is 0.261 e. The highest BCUT2D eigenvalue weighted by Crippen LogP contribution is 2.37. The minimum absolute atomic E-state index is 0.110. The van der Waals surface area contributed by atoms with Crippen molar-refractivity contribution in [3.05, 3.63) is 46.3 Å². The smallest absolute Gasteiger partial charge is 0.261 e. The summed E-state index contributed by atoms with van der Waals surface area (Å²) in [6.45, 7) is 1.42. The van der Waals surface area contributed by atoms with Crippen LogP contribution in [0.25, 0.3) is 0 Å². The SMILES string of the molecule is C[C@@H]1CC[C@H](NC(=O)[C@H](CC2CCCCC2)c2sccc2C(N)=O)C(=O)CN1S(=O)(=O)c1ccccn1. The van der Waals surface area contributed by atoms with Gasteiger partial charge in [0.15, 0.2) is 10.8 Å². The quantitative estimate of drug-likeness (QED) is 0.521. The summed E-state index contributed by atoms with van der Waals surface area (Å²) in [7, 11) is -3.97. The van der Waals surface area contributed by atoms with E-state index in [9.17, 15) is 22.8 Å². The molecule has 3 N–H and O–H groups in total. The molecule has 9 nitrogen and oxygen atoms in total. The number of Topliss-reactive ketones (excluding diaryl/α,β-unsaturated/α-hetero) is 1. The van der Waals surface area contributed by atoms with Gasteiger partial charge in [0.1, 0.15) is 0 Å². The van der Waals surface area contributed by atoms with Crippen molar-refractivity contribution in [2.45, 2.75) is 81.3 Å². The van der Waals surface area contributed by atoms with Crippen LogP contribution in [0.5, 0.6) is 0 Å². The van der Waals surface area contributed by atoms with Crippen molar-refractivity contribution in [2.75, 3.05) is 6.54 Å². The standard InChI is InChI=1S/C26H34N4O5S2/c1-17-10-11-21(22(31)16-30(17)37(34,35)23-9-5-6-13-28-23)29-26(33)20(15-18-7-3-2-4-8-18)24-19(25(27)32)12-14-36-24/h5-6,9,12-14,17-18,20-21H,2-4,7-8,10-11,15-16H2,1H3,(H2,27,32)(H,29,33)/t17-,20-,21+/m1/s1. The van der Waals surface area contributed by atoms with Crippen molar-refractivity contribution in [2.24, 2.45) is 11.7 Å². The minimum Gasteiger partial charge on any atom is -0.366 e. The molecule has 0 radical (unpaired) electrons. The summed E-state index contributed by atoms with van der Waals surface area (Å²) in [5, 5.41) is 4.56. The highest BCUT2D eigenvalue weighted by Gasteiger charge is 2.39. The third-order valence-electron chi connectivity index (χ3n) is 7.48. The van der Waals surface area contributed by atoms with Gasteiger partial charge >= 0.3 is 0 Å². The summed E-state index contributed by atoms with van der Waals surface area (Å²) in [6.07, 6.45) is 8.19. The molecule has 37 heavy (non-hydrogen) atoms. The molecule has 0 unspecified atom stereocenters. The number of carbonyl (C=O) groups excluding carboxylic acids is 3. The molecular weight excluding hydrogens is 512 g/mol. The lowest BCUT2D eigenvalue weighted by Crippen LogP contribution is -2.46. The number of amides is 2. The Morgan fingerprint density at radius 3 is 2.59 bits per heavy atom. The van der Waals surface area contributed by atoms with Gasteiger partial charge in [-0.3, -0.25) is 14.4 Å². The summed E-state index contributed by atoms with van der Waals surface area (Å²) < 4.78 is 27.6. The number of pyridine rings is 1. The molecule has 0 bridgehead atoms. The fourth-order valence-electron chi connectivity index (χ4n) is 5.38. The number of nitrogens with two attached hydrogens (primary N) is 1. The topological polar surface area (TPSA) is 140 Å². The molecule has 2 aliphatic rings. The van der Waals surface area contributed by atoms with Crippen LogP contribution in [0.3, 0.4) is 0 Å². The molecule has 3 atom stereocenters. The first-order valence-corrected chi connectivity index (χ1v) is 15.1. The molecule has 1 aliphatic carbocycles. The molecule has 1 aliphatic heterocycles. The van der Waals surface area contributed by atoms with E-state index < -0.39 is 33.9 Å². The number of carbonyl (C=O) groups is 3. The molecule has 1 saturated carbocycles. The van der Waals surface area contributed by atoms with Gasteiger partial charge in [-0.15, -0.1) is 11.3 Å². The third kappa shape index (κ3) is 6.27. The summed E-state index contributed by atoms with van der Waals surface area (Å²) in [5.74, 6) is -1.49. The van der Waals surface area contributed by atoms with Crippen molar-refractivity contribution in [3.63, 3.8) is 0 Å². The molecule has 2 aromatic rings. The van der Waals surface area contributed by atoms with Crippen LogP contribution in [0.2, 0.25) is 0 Å². The molecule has 2 aromatic heterocycles. The highest BCUT2D eigenvalue weighted by atomic mass is 32.2. The second kappa shape index (κ2) is 11.8. The van der Waals surface area contributed by atoms with Gasteiger partial charge in [0.05, 0.1) is 24.1 Å². The number of nitrogens with one attached hydrogen (secondary N) is 1. The molecular formula is C26H34N4O5S2. The molecule has 3 heterocycles. The van der Waals surface area contributed by atoms with Crippen LogP contribution in [0.4, 0.5) is 0 Å². The van der Waals surface area contributed by atoms with E-state index in [4.69, 9.17) is 5.73 Å². The molecule has 1 saturated heterocycles. The zero-order valence-corrected chi connectivity index (χ0v) is 22.6. The summed E-state index contributed by atoms with van der Waals surface area (Å²) in [5.41, 5.74) is 5.93. The largest absolute Gasteiger partial charge is 0.366 e. The number of hydrogen-bond donors (Lipinski definition) is 2. The second-order valence-electron chi connectivity index (χ2n) is 10.0. The predicted octanol–water partition coefficient (Wildman–Crippen LogP) is 3.22. The van der Waals surface area contributed by atoms with E-state index in [2.05, 4.69) is 10.3 Å². The number of ketones is 1. The fourth-order valence-corrected chi connectivity index (χ4v) is 7.96. The van der Waals surface area contributed by atoms with Crippen LogP contribution in [-0.4, -0.2) is 53.9 Å². The molecule has 200 valence electrons. The summed E-state index contributed by atoms with van der Waals surface area (Å²) in [6, 6.07) is 5.01. The van der Waals surface area contributed by atoms with E-state index in [1.807, 2.05) is 0 Å². The van der Waals surface area contributed by atoms with Crippen molar-refractivity contribution >= 4 is 39.0 Å². The van der Waals surface area contributed by atoms with E-state index >= 15 is 0 Å². The molecule has 0 spiro atoms. The Balaban J connectivity index is 1.53. The monoisotopic (exact) mass is 546 g/mol. The fraction of sp³-hybridized carbons (Fsp3) is 0.538. The van der Waals surface area contributed by atoms with Gasteiger partial charge in [-0.25, -0.2) is 13.4 Å². The van der Waals surface area contributed by atoms with Gasteiger partial charge < -0.3 is 11.1 Å². The van der Waals surface area contributed by atoms with Crippen LogP contribution in [-0.2, 0) is 19.6 Å². The maximum absolute atomic E-state index is 13.6. The lowest BCUT2D eigenvalue weighted by molar-refractivity contribution is -0.128. The van der Waals surface area contributed by atoms with Crippen molar-refractivity contribution in [1.29, 1.82) is 0 Å². The second-order valence-corrected chi connectivity index (χ2v) is 12.8. The molecule has 0 aromatic carbocycles. The number of thiophene rings is 1. The number of nitrogens with zero attached hydrogens (tertiary/aromatic N) is 2. The molecule has 2 fully saturated rings. The van der Waals surface area contributed by atoms with E-state index in [0.717, 1.165) is 25.7 Å². The van der Waals surface area contributed by atoms with E-state index in [1.165, 1.54) is 34.3 Å². The number of aromatic nitrogens is 1. The molecule has 4 rings (SSSR count). The first-order valence-electron chi connectivity index (χ1n) is 12.8. The zero-order valence-electron chi connectivity index (χ0n) is 21.0. The van der Waals surface area contributed by atoms with Crippen LogP contribution in [0.1, 0.15) is 79.4 Å². The molecule has 2 amide bonds. The minimum atomic E-state index is -3.97. The van der Waals surface area contributed by atoms with Gasteiger partial charge in [-0.05, 0) is 55.7 Å². The van der Waals surface area contributed by atoms with E-state index in [-0.39, 0.29) is 23.3 Å². The lowest BCUT2D eigenvalue weighted by Gasteiger charge is -2.27. The maximum atomic E-state index is 13.6. The number of primary amides is 1. The Labute approximate surface area is 221 Å². The van der Waals surface area contributed by atoms with Crippen molar-refractivity contribution in [3.8, 4) is 0 Å². The van der Waals surface area contributed by atoms with Crippen LogP contribution in [0.15, 0.2) is 40.9 Å². The average Bonchev–Trinajstić information content (AvgIpc) is 3.33. The van der Waals surface area contributed by atoms with Crippen LogP contribution < -0.4 is 11.1 Å². The van der Waals surface area contributed by atoms with Gasteiger partial charge in [0.2, 0.25) is 11.8 Å². The van der Waals surface area contributed by atoms with Gasteiger partial charge in [0, 0.05) is 17.1 Å². The van der Waals surface area contributed by atoms with Crippen molar-refractivity contribution < 1.29 is 22.8 Å². The Morgan fingerprint density at radius 1 is 1.16 bits per heavy atom. The Kier molecular flexibility index (Phi) is 8.76. The first-order chi connectivity index (χ1) is 17.7. The molecule has 11 heteroatoms. The van der Waals surface area contributed by atoms with Gasteiger partial charge in [-0.2, -0.15) is 4.31 Å². The van der Waals surface area contributed by atoms with E-state index in [1.54, 1.807) is 30.5 Å². The lowest BCUT2D eigenvalue weighted by atomic mass is 9.81. The third-order valence-corrected chi connectivity index (χ3v) is 10.4. The normalized spacial score (nSPS) is 22.8. The van der Waals surface area contributed by atoms with Gasteiger partial charge in [0.25, 0.3) is 10.0 Å². The Morgan fingerprint density at radius 2 is 1.92 bits per heavy atom. The first kappa shape index (κ1) is 27.4.